The molecule has 0 radical (unpaired) electrons. The summed E-state index contributed by atoms with van der Waals surface area (Å²) >= 11 is 0. The number of benzene rings is 2. The third-order valence-electron chi connectivity index (χ3n) is 3.95. The smallest absolute Gasteiger partial charge is 0.342 e. The molecule has 0 unspecified atom stereocenters. The van der Waals surface area contributed by atoms with Gasteiger partial charge in [0.15, 0.2) is 6.61 Å². The van der Waals surface area contributed by atoms with E-state index in [0.717, 1.165) is 0 Å². The van der Waals surface area contributed by atoms with Crippen molar-refractivity contribution >= 4 is 29.1 Å². The quantitative estimate of drug-likeness (QED) is 0.543. The van der Waals surface area contributed by atoms with E-state index in [0.29, 0.717) is 18.0 Å². The normalized spacial score (nSPS) is 10.2. The van der Waals surface area contributed by atoms with Crippen LogP contribution in [0.1, 0.15) is 17.3 Å². The molecule has 0 atom stereocenters. The summed E-state index contributed by atoms with van der Waals surface area (Å²) in [5.41, 5.74) is 0.711. The maximum absolute atomic E-state index is 13.9. The van der Waals surface area contributed by atoms with E-state index in [9.17, 15) is 14.0 Å². The first-order valence-corrected chi connectivity index (χ1v) is 9.24. The van der Waals surface area contributed by atoms with E-state index in [1.165, 1.54) is 24.4 Å². The Morgan fingerprint density at radius 3 is 2.50 bits per heavy atom. The number of nitrogens with zero attached hydrogens (tertiary/aromatic N) is 1. The van der Waals surface area contributed by atoms with Crippen molar-refractivity contribution in [3.05, 3.63) is 78.2 Å². The Bertz CT molecular complexity index is 1040. The number of aromatic nitrogens is 1. The molecule has 1 amide bonds. The monoisotopic (exact) mass is 409 g/mol. The molecule has 8 heteroatoms. The van der Waals surface area contributed by atoms with Gasteiger partial charge >= 0.3 is 5.97 Å². The van der Waals surface area contributed by atoms with Crippen molar-refractivity contribution in [1.29, 1.82) is 0 Å². The van der Waals surface area contributed by atoms with E-state index in [4.69, 9.17) is 9.47 Å². The summed E-state index contributed by atoms with van der Waals surface area (Å²) < 4.78 is 24.4. The molecule has 0 aliphatic heterocycles. The number of esters is 1. The molecule has 0 saturated carbocycles. The Morgan fingerprint density at radius 1 is 1.00 bits per heavy atom. The zero-order chi connectivity index (χ0) is 21.3. The lowest BCUT2D eigenvalue weighted by molar-refractivity contribution is -0.119. The molecule has 0 saturated heterocycles. The molecule has 7 nitrogen and oxygen atoms in total. The average molecular weight is 409 g/mol. The van der Waals surface area contributed by atoms with Crippen LogP contribution in [-0.4, -0.2) is 30.1 Å². The third kappa shape index (κ3) is 5.32. The van der Waals surface area contributed by atoms with Crippen LogP contribution in [0.25, 0.3) is 0 Å². The summed E-state index contributed by atoms with van der Waals surface area (Å²) in [4.78, 5) is 28.7. The van der Waals surface area contributed by atoms with Gasteiger partial charge in [0, 0.05) is 6.20 Å². The number of amides is 1. The molecule has 1 aromatic heterocycles. The van der Waals surface area contributed by atoms with Crippen LogP contribution in [0.3, 0.4) is 0 Å². The minimum atomic E-state index is -0.768. The van der Waals surface area contributed by atoms with Gasteiger partial charge in [0.25, 0.3) is 5.91 Å². The summed E-state index contributed by atoms with van der Waals surface area (Å²) in [7, 11) is 0. The fourth-order valence-corrected chi connectivity index (χ4v) is 2.61. The Labute approximate surface area is 172 Å². The summed E-state index contributed by atoms with van der Waals surface area (Å²) in [6, 6.07) is 16.0. The van der Waals surface area contributed by atoms with Gasteiger partial charge in [0.1, 0.15) is 22.9 Å². The highest BCUT2D eigenvalue weighted by Crippen LogP contribution is 2.24. The van der Waals surface area contributed by atoms with E-state index in [1.807, 2.05) is 6.92 Å². The first kappa shape index (κ1) is 20.8. The molecule has 0 bridgehead atoms. The van der Waals surface area contributed by atoms with Crippen LogP contribution in [0, 0.1) is 5.82 Å². The van der Waals surface area contributed by atoms with Crippen molar-refractivity contribution in [3.8, 4) is 5.75 Å². The van der Waals surface area contributed by atoms with E-state index < -0.39 is 24.3 Å². The first-order chi connectivity index (χ1) is 14.6. The lowest BCUT2D eigenvalue weighted by atomic mass is 10.2. The number of hydrogen-bond acceptors (Lipinski definition) is 6. The maximum atomic E-state index is 13.9. The number of carbonyl (C=O) groups excluding carboxylic acids is 2. The van der Waals surface area contributed by atoms with Crippen molar-refractivity contribution in [1.82, 2.24) is 4.98 Å². The zero-order valence-electron chi connectivity index (χ0n) is 16.2. The number of ether oxygens (including phenoxy) is 2. The summed E-state index contributed by atoms with van der Waals surface area (Å²) in [5, 5.41) is 5.41. The average Bonchev–Trinajstić information content (AvgIpc) is 2.75. The number of para-hydroxylation sites is 3. The minimum Gasteiger partial charge on any atom is -0.492 e. The Kier molecular flexibility index (Phi) is 6.94. The summed E-state index contributed by atoms with van der Waals surface area (Å²) in [6.07, 6.45) is 1.46. The Morgan fingerprint density at radius 2 is 1.73 bits per heavy atom. The summed E-state index contributed by atoms with van der Waals surface area (Å²) in [5.74, 6) is -1.15. The number of hydrogen-bond donors (Lipinski definition) is 2. The highest BCUT2D eigenvalue weighted by atomic mass is 19.1. The van der Waals surface area contributed by atoms with Gasteiger partial charge in [0.2, 0.25) is 0 Å². The van der Waals surface area contributed by atoms with Crippen LogP contribution in [0.15, 0.2) is 66.9 Å². The first-order valence-electron chi connectivity index (χ1n) is 9.24. The van der Waals surface area contributed by atoms with Gasteiger partial charge in [-0.15, -0.1) is 0 Å². The number of anilines is 3. The number of pyridine rings is 1. The van der Waals surface area contributed by atoms with Gasteiger partial charge in [-0.1, -0.05) is 24.3 Å². The predicted octanol–water partition coefficient (Wildman–Crippen LogP) is 4.16. The molecule has 2 N–H and O–H groups in total. The maximum Gasteiger partial charge on any atom is 0.342 e. The molecular formula is C22H20FN3O4. The third-order valence-corrected chi connectivity index (χ3v) is 3.95. The number of rotatable bonds is 8. The molecule has 0 aliphatic carbocycles. The molecule has 0 aliphatic rings. The van der Waals surface area contributed by atoms with Gasteiger partial charge in [-0.05, 0) is 43.3 Å². The van der Waals surface area contributed by atoms with Crippen LogP contribution in [0.2, 0.25) is 0 Å². The van der Waals surface area contributed by atoms with Gasteiger partial charge in [-0.25, -0.2) is 14.2 Å². The second-order valence-electron chi connectivity index (χ2n) is 6.06. The fraction of sp³-hybridized carbons (Fsp3) is 0.136. The van der Waals surface area contributed by atoms with Gasteiger partial charge in [-0.2, -0.15) is 0 Å². The van der Waals surface area contributed by atoms with Crippen molar-refractivity contribution in [2.24, 2.45) is 0 Å². The highest BCUT2D eigenvalue weighted by molar-refractivity contribution is 5.98. The minimum absolute atomic E-state index is 0.0725. The van der Waals surface area contributed by atoms with E-state index >= 15 is 0 Å². The molecule has 2 aromatic carbocycles. The van der Waals surface area contributed by atoms with Crippen molar-refractivity contribution in [2.45, 2.75) is 6.92 Å². The fourth-order valence-electron chi connectivity index (χ4n) is 2.61. The lowest BCUT2D eigenvalue weighted by Crippen LogP contribution is -2.21. The van der Waals surface area contributed by atoms with Crippen molar-refractivity contribution < 1.29 is 23.5 Å². The number of nitrogens with one attached hydrogen (secondary N) is 2. The zero-order valence-corrected chi connectivity index (χ0v) is 16.2. The largest absolute Gasteiger partial charge is 0.492 e. The van der Waals surface area contributed by atoms with Crippen LogP contribution in [-0.2, 0) is 9.53 Å². The highest BCUT2D eigenvalue weighted by Gasteiger charge is 2.17. The SMILES string of the molecule is CCOc1ccccc1NC(=O)COC(=O)c1cccnc1Nc1ccccc1F. The second kappa shape index (κ2) is 10.0. The molecule has 3 rings (SSSR count). The Balaban J connectivity index is 1.64. The topological polar surface area (TPSA) is 89.5 Å². The molecule has 0 spiro atoms. The predicted molar refractivity (Wildman–Crippen MR) is 110 cm³/mol. The molecule has 3 aromatic rings. The van der Waals surface area contributed by atoms with E-state index in [-0.39, 0.29) is 17.1 Å². The molecule has 0 fully saturated rings. The second-order valence-corrected chi connectivity index (χ2v) is 6.06. The molecule has 30 heavy (non-hydrogen) atoms. The van der Waals surface area contributed by atoms with Crippen LogP contribution in [0.5, 0.6) is 5.75 Å². The van der Waals surface area contributed by atoms with Gasteiger partial charge < -0.3 is 20.1 Å². The van der Waals surface area contributed by atoms with Gasteiger partial charge in [0.05, 0.1) is 18.0 Å². The number of halogens is 1. The van der Waals surface area contributed by atoms with Gasteiger partial charge in [-0.3, -0.25) is 4.79 Å². The van der Waals surface area contributed by atoms with Crippen LogP contribution < -0.4 is 15.4 Å². The Hall–Kier alpha value is -3.94. The van der Waals surface area contributed by atoms with Crippen LogP contribution >= 0.6 is 0 Å². The van der Waals surface area contributed by atoms with E-state index in [2.05, 4.69) is 15.6 Å². The molecule has 154 valence electrons. The lowest BCUT2D eigenvalue weighted by Gasteiger charge is -2.12. The molecule has 1 heterocycles. The summed E-state index contributed by atoms with van der Waals surface area (Å²) in [6.45, 7) is 1.77. The molecular weight excluding hydrogens is 389 g/mol. The van der Waals surface area contributed by atoms with Crippen molar-refractivity contribution in [3.63, 3.8) is 0 Å². The van der Waals surface area contributed by atoms with Crippen LogP contribution in [0.4, 0.5) is 21.6 Å². The van der Waals surface area contributed by atoms with Crippen molar-refractivity contribution in [2.75, 3.05) is 23.8 Å². The number of carbonyl (C=O) groups is 2. The van der Waals surface area contributed by atoms with E-state index in [1.54, 1.807) is 42.5 Å². The standard InChI is InChI=1S/C22H20FN3O4/c1-2-29-19-12-6-5-11-18(19)25-20(27)14-30-22(28)15-8-7-13-24-21(15)26-17-10-4-3-9-16(17)23/h3-13H,2,14H2,1H3,(H,24,26)(H,25,27).